The van der Waals surface area contributed by atoms with Crippen molar-refractivity contribution in [2.75, 3.05) is 18.9 Å². The number of nitrogens with zero attached hydrogens (tertiary/aromatic N) is 2. The zero-order chi connectivity index (χ0) is 13.0. The highest BCUT2D eigenvalue weighted by atomic mass is 16.2. The molecule has 0 bridgehead atoms. The second-order valence-corrected chi connectivity index (χ2v) is 4.22. The maximum absolute atomic E-state index is 11.5. The molecule has 3 N–H and O–H groups in total. The number of imide groups is 1. The molecule has 1 fully saturated rings. The van der Waals surface area contributed by atoms with E-state index in [9.17, 15) is 9.59 Å². The number of aromatic nitrogens is 2. The molecule has 1 saturated heterocycles. The van der Waals surface area contributed by atoms with E-state index in [4.69, 9.17) is 0 Å². The molecular weight excluding hydrogens is 234 g/mol. The van der Waals surface area contributed by atoms with Gasteiger partial charge in [-0.05, 0) is 13.5 Å². The summed E-state index contributed by atoms with van der Waals surface area (Å²) < 4.78 is 1.80. The van der Waals surface area contributed by atoms with Gasteiger partial charge in [-0.1, -0.05) is 0 Å². The number of anilines is 1. The van der Waals surface area contributed by atoms with Crippen molar-refractivity contribution in [2.45, 2.75) is 25.4 Å². The molecule has 7 heteroatoms. The Morgan fingerprint density at radius 3 is 3.11 bits per heavy atom. The Morgan fingerprint density at radius 2 is 2.39 bits per heavy atom. The fraction of sp³-hybridized carbons (Fsp3) is 0.545. The minimum Gasteiger partial charge on any atom is -0.357 e. The second kappa shape index (κ2) is 5.63. The Kier molecular flexibility index (Phi) is 3.93. The molecule has 0 aliphatic carbocycles. The van der Waals surface area contributed by atoms with Crippen LogP contribution in [0.2, 0.25) is 0 Å². The van der Waals surface area contributed by atoms with Crippen molar-refractivity contribution < 1.29 is 9.59 Å². The highest BCUT2D eigenvalue weighted by Crippen LogP contribution is 2.11. The van der Waals surface area contributed by atoms with Crippen LogP contribution in [0.15, 0.2) is 12.3 Å². The first-order valence-electron chi connectivity index (χ1n) is 5.97. The molecule has 0 spiro atoms. The second-order valence-electron chi connectivity index (χ2n) is 4.22. The van der Waals surface area contributed by atoms with E-state index in [1.165, 1.54) is 0 Å². The standard InChI is InChI=1S/C11H17N5O2/c1-12-5-7-16-6-4-9(15-16)13-8-2-3-10(17)14-11(8)18/h4,6,8,12H,2-3,5,7H2,1H3,(H,13,15)(H,14,17,18). The number of hydrogen-bond donors (Lipinski definition) is 3. The van der Waals surface area contributed by atoms with Crippen LogP contribution in [0.3, 0.4) is 0 Å². The third-order valence-corrected chi connectivity index (χ3v) is 2.79. The molecular formula is C11H17N5O2. The molecule has 1 aromatic rings. The lowest BCUT2D eigenvalue weighted by Crippen LogP contribution is -2.47. The Labute approximate surface area is 105 Å². The van der Waals surface area contributed by atoms with Crippen LogP contribution in [-0.2, 0) is 16.1 Å². The van der Waals surface area contributed by atoms with Crippen molar-refractivity contribution in [2.24, 2.45) is 0 Å². The van der Waals surface area contributed by atoms with Crippen LogP contribution in [0.5, 0.6) is 0 Å². The molecule has 0 aromatic carbocycles. The molecule has 2 heterocycles. The van der Waals surface area contributed by atoms with Gasteiger partial charge in [0.25, 0.3) is 0 Å². The lowest BCUT2D eigenvalue weighted by molar-refractivity contribution is -0.133. The van der Waals surface area contributed by atoms with Gasteiger partial charge >= 0.3 is 0 Å². The fourth-order valence-corrected chi connectivity index (χ4v) is 1.80. The van der Waals surface area contributed by atoms with Gasteiger partial charge < -0.3 is 10.6 Å². The molecule has 2 rings (SSSR count). The van der Waals surface area contributed by atoms with E-state index in [1.54, 1.807) is 4.68 Å². The van der Waals surface area contributed by atoms with Gasteiger partial charge in [0.15, 0.2) is 0 Å². The lowest BCUT2D eigenvalue weighted by atomic mass is 10.1. The minimum absolute atomic E-state index is 0.211. The average Bonchev–Trinajstić information content (AvgIpc) is 2.78. The Bertz CT molecular complexity index is 442. The van der Waals surface area contributed by atoms with E-state index < -0.39 is 0 Å². The molecule has 1 aliphatic heterocycles. The highest BCUT2D eigenvalue weighted by molar-refractivity contribution is 6.01. The first-order valence-corrected chi connectivity index (χ1v) is 5.97. The Hall–Kier alpha value is -1.89. The summed E-state index contributed by atoms with van der Waals surface area (Å²) in [7, 11) is 1.88. The number of rotatable bonds is 5. The largest absolute Gasteiger partial charge is 0.357 e. The number of carbonyl (C=O) groups excluding carboxylic acids is 2. The predicted molar refractivity (Wildman–Crippen MR) is 65.9 cm³/mol. The maximum atomic E-state index is 11.5. The van der Waals surface area contributed by atoms with E-state index in [-0.39, 0.29) is 17.9 Å². The number of piperidine rings is 1. The number of carbonyl (C=O) groups is 2. The summed E-state index contributed by atoms with van der Waals surface area (Å²) in [5.41, 5.74) is 0. The summed E-state index contributed by atoms with van der Waals surface area (Å²) >= 11 is 0. The molecule has 1 aromatic heterocycles. The topological polar surface area (TPSA) is 88.0 Å². The van der Waals surface area contributed by atoms with Crippen molar-refractivity contribution in [3.63, 3.8) is 0 Å². The average molecular weight is 251 g/mol. The van der Waals surface area contributed by atoms with Gasteiger partial charge in [0.2, 0.25) is 11.8 Å². The van der Waals surface area contributed by atoms with E-state index in [0.717, 1.165) is 13.1 Å². The van der Waals surface area contributed by atoms with Crippen LogP contribution >= 0.6 is 0 Å². The van der Waals surface area contributed by atoms with E-state index >= 15 is 0 Å². The van der Waals surface area contributed by atoms with E-state index in [1.807, 2.05) is 19.3 Å². The van der Waals surface area contributed by atoms with Crippen LogP contribution in [0, 0.1) is 0 Å². The third-order valence-electron chi connectivity index (χ3n) is 2.79. The molecule has 0 saturated carbocycles. The van der Waals surface area contributed by atoms with Gasteiger partial charge in [-0.15, -0.1) is 0 Å². The fourth-order valence-electron chi connectivity index (χ4n) is 1.80. The van der Waals surface area contributed by atoms with Gasteiger partial charge in [0, 0.05) is 25.2 Å². The smallest absolute Gasteiger partial charge is 0.249 e. The van der Waals surface area contributed by atoms with Crippen molar-refractivity contribution in [1.82, 2.24) is 20.4 Å². The normalized spacial score (nSPS) is 19.7. The molecule has 7 nitrogen and oxygen atoms in total. The van der Waals surface area contributed by atoms with Gasteiger partial charge in [0.05, 0.1) is 6.54 Å². The van der Waals surface area contributed by atoms with Gasteiger partial charge in [0.1, 0.15) is 11.9 Å². The van der Waals surface area contributed by atoms with Gasteiger partial charge in [-0.25, -0.2) is 0 Å². The zero-order valence-corrected chi connectivity index (χ0v) is 10.3. The highest BCUT2D eigenvalue weighted by Gasteiger charge is 2.26. The summed E-state index contributed by atoms with van der Waals surface area (Å²) in [4.78, 5) is 22.6. The van der Waals surface area contributed by atoms with Crippen molar-refractivity contribution in [1.29, 1.82) is 0 Å². The quantitative estimate of drug-likeness (QED) is 0.603. The van der Waals surface area contributed by atoms with Crippen molar-refractivity contribution in [3.05, 3.63) is 12.3 Å². The number of amides is 2. The van der Waals surface area contributed by atoms with Crippen LogP contribution in [0.25, 0.3) is 0 Å². The maximum Gasteiger partial charge on any atom is 0.249 e. The summed E-state index contributed by atoms with van der Waals surface area (Å²) in [6, 6.07) is 1.44. The molecule has 1 atom stereocenters. The van der Waals surface area contributed by atoms with Crippen LogP contribution in [0.1, 0.15) is 12.8 Å². The first-order chi connectivity index (χ1) is 8.69. The van der Waals surface area contributed by atoms with Gasteiger partial charge in [-0.2, -0.15) is 5.10 Å². The minimum atomic E-state index is -0.379. The lowest BCUT2D eigenvalue weighted by Gasteiger charge is -2.21. The molecule has 2 amide bonds. The van der Waals surface area contributed by atoms with Crippen molar-refractivity contribution in [3.8, 4) is 0 Å². The van der Waals surface area contributed by atoms with Gasteiger partial charge in [-0.3, -0.25) is 19.6 Å². The SMILES string of the molecule is CNCCn1ccc(NC2CCC(=O)NC2=O)n1. The van der Waals surface area contributed by atoms with Crippen LogP contribution < -0.4 is 16.0 Å². The molecule has 18 heavy (non-hydrogen) atoms. The number of nitrogens with one attached hydrogen (secondary N) is 3. The van der Waals surface area contributed by atoms with Crippen LogP contribution in [-0.4, -0.2) is 41.2 Å². The number of hydrogen-bond acceptors (Lipinski definition) is 5. The number of likely N-dealkylation sites (N-methyl/N-ethyl adjacent to an activating group) is 1. The first kappa shape index (κ1) is 12.6. The Morgan fingerprint density at radius 1 is 1.56 bits per heavy atom. The summed E-state index contributed by atoms with van der Waals surface area (Å²) in [5, 5.41) is 12.7. The summed E-state index contributed by atoms with van der Waals surface area (Å²) in [6.45, 7) is 1.60. The Balaban J connectivity index is 1.91. The summed E-state index contributed by atoms with van der Waals surface area (Å²) in [6.07, 6.45) is 2.73. The van der Waals surface area contributed by atoms with Crippen LogP contribution in [0.4, 0.5) is 5.82 Å². The van der Waals surface area contributed by atoms with E-state index in [2.05, 4.69) is 21.0 Å². The van der Waals surface area contributed by atoms with E-state index in [0.29, 0.717) is 18.7 Å². The third kappa shape index (κ3) is 3.07. The molecule has 0 radical (unpaired) electrons. The predicted octanol–water partition coefficient (Wildman–Crippen LogP) is -0.680. The zero-order valence-electron chi connectivity index (χ0n) is 10.3. The molecule has 98 valence electrons. The molecule has 1 aliphatic rings. The van der Waals surface area contributed by atoms with Crippen molar-refractivity contribution >= 4 is 17.6 Å². The monoisotopic (exact) mass is 251 g/mol. The molecule has 1 unspecified atom stereocenters. The summed E-state index contributed by atoms with van der Waals surface area (Å²) in [5.74, 6) is 0.161.